The molecule has 5 rings (SSSR count). The fraction of sp³-hybridized carbons (Fsp3) is 0.652. The van der Waals surface area contributed by atoms with Crippen LogP contribution < -0.4 is 0 Å². The first-order chi connectivity index (χ1) is 14.9. The van der Waals surface area contributed by atoms with Gasteiger partial charge in [-0.15, -0.1) is 0 Å². The largest absolute Gasteiger partial charge is 0.378 e. The second kappa shape index (κ2) is 8.35. The Hall–Kier alpha value is -1.67. The van der Waals surface area contributed by atoms with Crippen molar-refractivity contribution in [2.45, 2.75) is 37.4 Å². The molecule has 1 atom stereocenters. The molecule has 168 valence electrons. The van der Waals surface area contributed by atoms with Gasteiger partial charge in [0.25, 0.3) is 5.91 Å². The molecule has 4 heterocycles. The Morgan fingerprint density at radius 1 is 1.00 bits per heavy atom. The second-order valence-corrected chi connectivity index (χ2v) is 9.92. The lowest BCUT2D eigenvalue weighted by atomic mass is 9.80. The van der Waals surface area contributed by atoms with Crippen LogP contribution in [0.15, 0.2) is 24.3 Å². The van der Waals surface area contributed by atoms with Gasteiger partial charge in [0.2, 0.25) is 5.91 Å². The van der Waals surface area contributed by atoms with Crippen LogP contribution in [-0.2, 0) is 9.53 Å². The predicted octanol–water partition coefficient (Wildman–Crippen LogP) is 1.56. The second-order valence-electron chi connectivity index (χ2n) is 9.48. The molecule has 8 heteroatoms. The molecule has 0 bridgehead atoms. The summed E-state index contributed by atoms with van der Waals surface area (Å²) in [6.45, 7) is 9.18. The molecule has 4 aliphatic heterocycles. The van der Waals surface area contributed by atoms with E-state index in [0.717, 1.165) is 58.7 Å². The number of rotatable bonds is 2. The number of carbonyl (C=O) groups excluding carboxylic acids is 2. The molecule has 1 spiro atoms. The van der Waals surface area contributed by atoms with E-state index in [1.165, 1.54) is 0 Å². The summed E-state index contributed by atoms with van der Waals surface area (Å²) in [5.74, 6) is 0.257. The van der Waals surface area contributed by atoms with Gasteiger partial charge in [0, 0.05) is 69.4 Å². The summed E-state index contributed by atoms with van der Waals surface area (Å²) in [7, 11) is 0. The minimum absolute atomic E-state index is 0.00644. The topological polar surface area (TPSA) is 56.3 Å². The van der Waals surface area contributed by atoms with Crippen molar-refractivity contribution in [3.8, 4) is 0 Å². The maximum absolute atomic E-state index is 13.3. The van der Waals surface area contributed by atoms with Crippen LogP contribution in [0.5, 0.6) is 0 Å². The maximum Gasteiger partial charge on any atom is 0.253 e. The van der Waals surface area contributed by atoms with Crippen LogP contribution in [0, 0.1) is 0 Å². The number of nitrogens with zero attached hydrogens (tertiary/aromatic N) is 4. The van der Waals surface area contributed by atoms with Crippen molar-refractivity contribution in [1.29, 1.82) is 0 Å². The highest BCUT2D eigenvalue weighted by molar-refractivity contribution is 6.30. The summed E-state index contributed by atoms with van der Waals surface area (Å²) >= 11 is 6.01. The summed E-state index contributed by atoms with van der Waals surface area (Å²) in [6.07, 6.45) is 2.07. The normalized spacial score (nSPS) is 27.1. The molecule has 4 aliphatic rings. The number of likely N-dealkylation sites (tertiary alicyclic amines) is 2. The van der Waals surface area contributed by atoms with E-state index in [9.17, 15) is 9.59 Å². The molecule has 0 aliphatic carbocycles. The van der Waals surface area contributed by atoms with Crippen molar-refractivity contribution in [2.24, 2.45) is 0 Å². The number of amides is 2. The molecule has 1 unspecified atom stereocenters. The highest BCUT2D eigenvalue weighted by atomic mass is 35.5. The zero-order valence-electron chi connectivity index (χ0n) is 18.1. The van der Waals surface area contributed by atoms with Crippen LogP contribution in [0.3, 0.4) is 0 Å². The SMILES string of the molecule is CC(=O)N1CCC(N2CC3(CN(C(=O)c4ccc(Cl)cc4)CC4COCCN43)C2)CC1. The van der Waals surface area contributed by atoms with E-state index in [2.05, 4.69) is 9.80 Å². The molecule has 0 N–H and O–H groups in total. The average Bonchev–Trinajstić information content (AvgIpc) is 2.77. The molecule has 4 saturated heterocycles. The average molecular weight is 447 g/mol. The number of hydrogen-bond donors (Lipinski definition) is 0. The molecule has 4 fully saturated rings. The molecular weight excluding hydrogens is 416 g/mol. The number of benzene rings is 1. The number of carbonyl (C=O) groups is 2. The van der Waals surface area contributed by atoms with E-state index in [0.29, 0.717) is 29.8 Å². The number of hydrogen-bond acceptors (Lipinski definition) is 5. The van der Waals surface area contributed by atoms with E-state index in [1.54, 1.807) is 19.1 Å². The molecule has 0 radical (unpaired) electrons. The van der Waals surface area contributed by atoms with E-state index in [4.69, 9.17) is 16.3 Å². The Morgan fingerprint density at radius 3 is 2.39 bits per heavy atom. The highest BCUT2D eigenvalue weighted by Gasteiger charge is 2.56. The third kappa shape index (κ3) is 3.97. The first-order valence-corrected chi connectivity index (χ1v) is 11.7. The Labute approximate surface area is 188 Å². The third-order valence-electron chi connectivity index (χ3n) is 7.55. The monoisotopic (exact) mass is 446 g/mol. The minimum atomic E-state index is 0.00644. The Kier molecular flexibility index (Phi) is 5.71. The summed E-state index contributed by atoms with van der Waals surface area (Å²) in [5.41, 5.74) is 0.699. The van der Waals surface area contributed by atoms with Crippen LogP contribution in [0.4, 0.5) is 0 Å². The number of piperidine rings is 1. The van der Waals surface area contributed by atoms with Crippen molar-refractivity contribution < 1.29 is 14.3 Å². The van der Waals surface area contributed by atoms with Crippen LogP contribution >= 0.6 is 11.6 Å². The van der Waals surface area contributed by atoms with E-state index < -0.39 is 0 Å². The minimum Gasteiger partial charge on any atom is -0.378 e. The molecule has 1 aromatic carbocycles. The first kappa shape index (κ1) is 21.2. The van der Waals surface area contributed by atoms with Gasteiger partial charge in [0.1, 0.15) is 0 Å². The highest BCUT2D eigenvalue weighted by Crippen LogP contribution is 2.38. The van der Waals surface area contributed by atoms with Crippen molar-refractivity contribution in [3.63, 3.8) is 0 Å². The quantitative estimate of drug-likeness (QED) is 0.690. The van der Waals surface area contributed by atoms with Gasteiger partial charge in [-0.1, -0.05) is 11.6 Å². The summed E-state index contributed by atoms with van der Waals surface area (Å²) in [6, 6.07) is 7.98. The fourth-order valence-electron chi connectivity index (χ4n) is 5.92. The molecule has 7 nitrogen and oxygen atoms in total. The predicted molar refractivity (Wildman–Crippen MR) is 118 cm³/mol. The Balaban J connectivity index is 1.29. The Morgan fingerprint density at radius 2 is 1.71 bits per heavy atom. The lowest BCUT2D eigenvalue weighted by Crippen LogP contribution is -2.82. The molecule has 1 aromatic rings. The molecule has 0 saturated carbocycles. The number of morpholine rings is 1. The smallest absolute Gasteiger partial charge is 0.253 e. The van der Waals surface area contributed by atoms with Crippen molar-refractivity contribution in [1.82, 2.24) is 19.6 Å². The van der Waals surface area contributed by atoms with Gasteiger partial charge in [-0.25, -0.2) is 0 Å². The molecule has 0 aromatic heterocycles. The Bertz CT molecular complexity index is 834. The summed E-state index contributed by atoms with van der Waals surface area (Å²) in [4.78, 5) is 34.1. The summed E-state index contributed by atoms with van der Waals surface area (Å²) < 4.78 is 5.78. The van der Waals surface area contributed by atoms with Crippen molar-refractivity contribution in [3.05, 3.63) is 34.9 Å². The van der Waals surface area contributed by atoms with E-state index >= 15 is 0 Å². The van der Waals surface area contributed by atoms with Gasteiger partial charge >= 0.3 is 0 Å². The van der Waals surface area contributed by atoms with Gasteiger partial charge in [0.15, 0.2) is 0 Å². The molecular formula is C23H31ClN4O3. The van der Waals surface area contributed by atoms with Gasteiger partial charge in [-0.05, 0) is 37.1 Å². The van der Waals surface area contributed by atoms with Crippen LogP contribution in [0.25, 0.3) is 0 Å². The zero-order valence-corrected chi connectivity index (χ0v) is 18.9. The fourth-order valence-corrected chi connectivity index (χ4v) is 6.05. The zero-order chi connectivity index (χ0) is 21.6. The number of piperazine rings is 1. The first-order valence-electron chi connectivity index (χ1n) is 11.3. The lowest BCUT2D eigenvalue weighted by Gasteiger charge is -2.65. The van der Waals surface area contributed by atoms with Gasteiger partial charge in [-0.2, -0.15) is 0 Å². The molecule has 31 heavy (non-hydrogen) atoms. The number of halogens is 1. The lowest BCUT2D eigenvalue weighted by molar-refractivity contribution is -0.169. The standard InChI is InChI=1S/C23H31ClN4O3/c1-17(29)25-8-6-20(7-9-25)27-15-23(16-27)14-26(12-21-13-31-11-10-28(21)23)22(30)18-2-4-19(24)5-3-18/h2-5,20-21H,6-16H2,1H3. The van der Waals surface area contributed by atoms with Crippen LogP contribution in [0.1, 0.15) is 30.1 Å². The third-order valence-corrected chi connectivity index (χ3v) is 7.80. The molecule has 2 amide bonds. The van der Waals surface area contributed by atoms with E-state index in [-0.39, 0.29) is 23.4 Å². The number of fused-ring (bicyclic) bond motifs is 2. The number of ether oxygens (including phenoxy) is 1. The van der Waals surface area contributed by atoms with Gasteiger partial charge < -0.3 is 14.5 Å². The van der Waals surface area contributed by atoms with Gasteiger partial charge in [0.05, 0.1) is 24.8 Å². The summed E-state index contributed by atoms with van der Waals surface area (Å²) in [5, 5.41) is 0.643. The van der Waals surface area contributed by atoms with E-state index in [1.807, 2.05) is 21.9 Å². The maximum atomic E-state index is 13.3. The van der Waals surface area contributed by atoms with Crippen LogP contribution in [-0.4, -0.2) is 108 Å². The van der Waals surface area contributed by atoms with Crippen molar-refractivity contribution in [2.75, 3.05) is 59.0 Å². The van der Waals surface area contributed by atoms with Gasteiger partial charge in [-0.3, -0.25) is 19.4 Å². The van der Waals surface area contributed by atoms with Crippen molar-refractivity contribution >= 4 is 23.4 Å². The van der Waals surface area contributed by atoms with Crippen LogP contribution in [0.2, 0.25) is 5.02 Å².